The minimum Gasteiger partial charge on any atom is -0.368 e. The molecule has 0 radical (unpaired) electrons. The number of carbonyl (C=O) groups is 2. The molecular weight excluding hydrogens is 292 g/mol. The van der Waals surface area contributed by atoms with E-state index in [2.05, 4.69) is 27.2 Å². The van der Waals surface area contributed by atoms with Crippen molar-refractivity contribution in [2.24, 2.45) is 0 Å². The molecule has 2 amide bonds. The molecule has 0 bridgehead atoms. The van der Waals surface area contributed by atoms with Gasteiger partial charge in [-0.2, -0.15) is 0 Å². The van der Waals surface area contributed by atoms with E-state index in [1.807, 2.05) is 23.1 Å². The van der Waals surface area contributed by atoms with Gasteiger partial charge in [0.15, 0.2) is 0 Å². The Labute approximate surface area is 137 Å². The third kappa shape index (κ3) is 4.22. The summed E-state index contributed by atoms with van der Waals surface area (Å²) in [5, 5.41) is 2.84. The molecule has 6 nitrogen and oxygen atoms in total. The summed E-state index contributed by atoms with van der Waals surface area (Å²) in [6.45, 7) is 5.74. The van der Waals surface area contributed by atoms with Crippen LogP contribution in [0.2, 0.25) is 0 Å². The van der Waals surface area contributed by atoms with Crippen LogP contribution in [0.4, 0.5) is 5.69 Å². The second-order valence-corrected chi connectivity index (χ2v) is 6.08. The zero-order chi connectivity index (χ0) is 16.1. The van der Waals surface area contributed by atoms with Gasteiger partial charge in [-0.15, -0.1) is 0 Å². The lowest BCUT2D eigenvalue weighted by Crippen LogP contribution is -2.51. The molecule has 6 heteroatoms. The highest BCUT2D eigenvalue weighted by atomic mass is 16.2. The van der Waals surface area contributed by atoms with Crippen LogP contribution in [-0.4, -0.2) is 74.0 Å². The Bertz CT molecular complexity index is 541. The molecule has 2 aliphatic rings. The molecule has 3 rings (SSSR count). The molecule has 0 aromatic heterocycles. The van der Waals surface area contributed by atoms with Gasteiger partial charge in [-0.25, -0.2) is 0 Å². The molecule has 1 aromatic carbocycles. The molecule has 0 unspecified atom stereocenters. The molecule has 1 N–H and O–H groups in total. The van der Waals surface area contributed by atoms with E-state index in [9.17, 15) is 9.59 Å². The Morgan fingerprint density at radius 3 is 2.48 bits per heavy atom. The van der Waals surface area contributed by atoms with Crippen molar-refractivity contribution in [1.29, 1.82) is 0 Å². The molecule has 1 aromatic rings. The van der Waals surface area contributed by atoms with Gasteiger partial charge in [-0.3, -0.25) is 14.5 Å². The first kappa shape index (κ1) is 15.8. The van der Waals surface area contributed by atoms with Crippen LogP contribution in [-0.2, 0) is 9.59 Å². The van der Waals surface area contributed by atoms with Gasteiger partial charge in [0.1, 0.15) is 0 Å². The monoisotopic (exact) mass is 316 g/mol. The number of piperazine rings is 1. The standard InChI is InChI=1S/C17H24N4O2/c22-16-6-8-19(9-7-18-16)14-17(23)21-12-10-20(11-13-21)15-4-2-1-3-5-15/h1-5H,6-14H2,(H,18,22). The molecule has 2 aliphatic heterocycles. The van der Waals surface area contributed by atoms with Crippen LogP contribution < -0.4 is 10.2 Å². The highest BCUT2D eigenvalue weighted by Gasteiger charge is 2.23. The van der Waals surface area contributed by atoms with Crippen molar-refractivity contribution in [1.82, 2.24) is 15.1 Å². The topological polar surface area (TPSA) is 55.9 Å². The summed E-state index contributed by atoms with van der Waals surface area (Å²) in [6, 6.07) is 10.3. The zero-order valence-corrected chi connectivity index (χ0v) is 13.4. The number of amides is 2. The third-order valence-electron chi connectivity index (χ3n) is 4.52. The first-order valence-electron chi connectivity index (χ1n) is 8.29. The highest BCUT2D eigenvalue weighted by Crippen LogP contribution is 2.15. The summed E-state index contributed by atoms with van der Waals surface area (Å²) in [6.07, 6.45) is 0.481. The van der Waals surface area contributed by atoms with E-state index in [0.29, 0.717) is 26.1 Å². The Morgan fingerprint density at radius 2 is 1.74 bits per heavy atom. The number of para-hydroxylation sites is 1. The van der Waals surface area contributed by atoms with E-state index in [-0.39, 0.29) is 11.8 Å². The minimum absolute atomic E-state index is 0.0800. The largest absolute Gasteiger partial charge is 0.368 e. The van der Waals surface area contributed by atoms with Gasteiger partial charge in [0.25, 0.3) is 0 Å². The van der Waals surface area contributed by atoms with Gasteiger partial charge in [0, 0.05) is 57.9 Å². The zero-order valence-electron chi connectivity index (χ0n) is 13.4. The number of hydrogen-bond acceptors (Lipinski definition) is 4. The normalized spacial score (nSPS) is 20.1. The lowest BCUT2D eigenvalue weighted by molar-refractivity contribution is -0.132. The molecule has 0 saturated carbocycles. The van der Waals surface area contributed by atoms with Crippen molar-refractivity contribution < 1.29 is 9.59 Å². The van der Waals surface area contributed by atoms with E-state index in [0.717, 1.165) is 32.7 Å². The summed E-state index contributed by atoms with van der Waals surface area (Å²) in [5.41, 5.74) is 1.22. The molecule has 23 heavy (non-hydrogen) atoms. The lowest BCUT2D eigenvalue weighted by atomic mass is 10.2. The van der Waals surface area contributed by atoms with E-state index in [1.54, 1.807) is 0 Å². The molecule has 2 saturated heterocycles. The molecule has 0 spiro atoms. The van der Waals surface area contributed by atoms with Crippen molar-refractivity contribution in [3.8, 4) is 0 Å². The molecule has 2 heterocycles. The van der Waals surface area contributed by atoms with E-state index >= 15 is 0 Å². The molecular formula is C17H24N4O2. The number of hydrogen-bond donors (Lipinski definition) is 1. The SMILES string of the molecule is O=C1CCN(CC(=O)N2CCN(c3ccccc3)CC2)CCN1. The Morgan fingerprint density at radius 1 is 1.00 bits per heavy atom. The summed E-state index contributed by atoms with van der Waals surface area (Å²) >= 11 is 0. The van der Waals surface area contributed by atoms with Crippen LogP contribution in [0.15, 0.2) is 30.3 Å². The summed E-state index contributed by atoms with van der Waals surface area (Å²) in [5.74, 6) is 0.253. The fourth-order valence-corrected chi connectivity index (χ4v) is 3.12. The maximum Gasteiger partial charge on any atom is 0.236 e. The molecule has 0 aliphatic carbocycles. The van der Waals surface area contributed by atoms with Crippen molar-refractivity contribution in [3.05, 3.63) is 30.3 Å². The van der Waals surface area contributed by atoms with Crippen LogP contribution in [0.5, 0.6) is 0 Å². The first-order valence-corrected chi connectivity index (χ1v) is 8.29. The third-order valence-corrected chi connectivity index (χ3v) is 4.52. The number of carbonyl (C=O) groups excluding carboxylic acids is 2. The second kappa shape index (κ2) is 7.46. The first-order chi connectivity index (χ1) is 11.2. The maximum atomic E-state index is 12.5. The number of nitrogens with one attached hydrogen (secondary N) is 1. The Kier molecular flexibility index (Phi) is 5.12. The second-order valence-electron chi connectivity index (χ2n) is 6.08. The number of benzene rings is 1. The van der Waals surface area contributed by atoms with Crippen LogP contribution in [0.1, 0.15) is 6.42 Å². The molecule has 2 fully saturated rings. The van der Waals surface area contributed by atoms with Gasteiger partial charge in [-0.05, 0) is 12.1 Å². The predicted octanol–water partition coefficient (Wildman–Crippen LogP) is 0.157. The number of rotatable bonds is 3. The molecule has 0 atom stereocenters. The van der Waals surface area contributed by atoms with Crippen LogP contribution >= 0.6 is 0 Å². The number of nitrogens with zero attached hydrogens (tertiary/aromatic N) is 3. The smallest absolute Gasteiger partial charge is 0.236 e. The Balaban J connectivity index is 1.47. The van der Waals surface area contributed by atoms with Gasteiger partial charge in [0.2, 0.25) is 11.8 Å². The van der Waals surface area contributed by atoms with Crippen LogP contribution in [0.3, 0.4) is 0 Å². The van der Waals surface area contributed by atoms with Crippen molar-refractivity contribution >= 4 is 17.5 Å². The van der Waals surface area contributed by atoms with Crippen molar-refractivity contribution in [2.75, 3.05) is 57.3 Å². The Hall–Kier alpha value is -2.08. The quantitative estimate of drug-likeness (QED) is 0.863. The maximum absolute atomic E-state index is 12.5. The van der Waals surface area contributed by atoms with Gasteiger partial charge < -0.3 is 15.1 Å². The minimum atomic E-state index is 0.0800. The van der Waals surface area contributed by atoms with Gasteiger partial charge >= 0.3 is 0 Å². The fraction of sp³-hybridized carbons (Fsp3) is 0.529. The summed E-state index contributed by atoms with van der Waals surface area (Å²) in [4.78, 5) is 30.1. The predicted molar refractivity (Wildman–Crippen MR) is 89.3 cm³/mol. The van der Waals surface area contributed by atoms with Gasteiger partial charge in [-0.1, -0.05) is 18.2 Å². The fourth-order valence-electron chi connectivity index (χ4n) is 3.12. The van der Waals surface area contributed by atoms with Crippen LogP contribution in [0, 0.1) is 0 Å². The average Bonchev–Trinajstić information content (AvgIpc) is 2.80. The summed E-state index contributed by atoms with van der Waals surface area (Å²) in [7, 11) is 0. The van der Waals surface area contributed by atoms with E-state index in [4.69, 9.17) is 0 Å². The highest BCUT2D eigenvalue weighted by molar-refractivity contribution is 5.79. The van der Waals surface area contributed by atoms with Crippen LogP contribution in [0.25, 0.3) is 0 Å². The molecule has 124 valence electrons. The van der Waals surface area contributed by atoms with Crippen molar-refractivity contribution in [3.63, 3.8) is 0 Å². The summed E-state index contributed by atoms with van der Waals surface area (Å²) < 4.78 is 0. The lowest BCUT2D eigenvalue weighted by Gasteiger charge is -2.37. The van der Waals surface area contributed by atoms with Gasteiger partial charge in [0.05, 0.1) is 6.54 Å². The van der Waals surface area contributed by atoms with Crippen molar-refractivity contribution in [2.45, 2.75) is 6.42 Å². The number of anilines is 1. The van der Waals surface area contributed by atoms with E-state index < -0.39 is 0 Å². The average molecular weight is 316 g/mol. The van der Waals surface area contributed by atoms with E-state index in [1.165, 1.54) is 5.69 Å².